The minimum atomic E-state index is -2.11. The van der Waals surface area contributed by atoms with Gasteiger partial charge in [-0.3, -0.25) is 4.90 Å². The third kappa shape index (κ3) is 3.83. The molecule has 10 rings (SSSR count). The molecule has 0 amide bonds. The second-order valence-electron chi connectivity index (χ2n) is 13.1. The predicted molar refractivity (Wildman–Crippen MR) is 190 cm³/mol. The zero-order valence-corrected chi connectivity index (χ0v) is 27.0. The van der Waals surface area contributed by atoms with Gasteiger partial charge in [-0.25, -0.2) is 9.97 Å². The van der Waals surface area contributed by atoms with E-state index in [2.05, 4.69) is 120 Å². The van der Waals surface area contributed by atoms with E-state index in [0.717, 1.165) is 56.5 Å². The molecule has 226 valence electrons. The van der Waals surface area contributed by atoms with E-state index in [1.54, 1.807) is 0 Å². The summed E-state index contributed by atoms with van der Waals surface area (Å²) in [5, 5.41) is 4.86. The number of hydrogen-bond donors (Lipinski definition) is 0. The second kappa shape index (κ2) is 9.67. The molecular formula is C40H30N4O2Si. The van der Waals surface area contributed by atoms with Crippen LogP contribution in [0.5, 0.6) is 5.75 Å². The third-order valence-corrected chi connectivity index (χ3v) is 13.6. The molecule has 1 aliphatic carbocycles. The molecule has 7 heteroatoms. The number of hydrogen-bond acceptors (Lipinski definition) is 5. The lowest BCUT2D eigenvalue weighted by Crippen LogP contribution is -2.58. The summed E-state index contributed by atoms with van der Waals surface area (Å²) in [6.07, 6.45) is 12.4. The Kier molecular flexibility index (Phi) is 5.46. The van der Waals surface area contributed by atoms with Gasteiger partial charge in [0.05, 0.1) is 11.4 Å². The zero-order chi connectivity index (χ0) is 31.3. The number of benzene rings is 4. The van der Waals surface area contributed by atoms with E-state index >= 15 is 0 Å². The van der Waals surface area contributed by atoms with Crippen LogP contribution in [0.1, 0.15) is 23.2 Å². The quantitative estimate of drug-likeness (QED) is 0.184. The molecule has 4 aromatic carbocycles. The van der Waals surface area contributed by atoms with E-state index in [9.17, 15) is 0 Å². The number of ether oxygens (including phenoxy) is 1. The highest BCUT2D eigenvalue weighted by atomic mass is 28.3. The molecule has 0 fully saturated rings. The summed E-state index contributed by atoms with van der Waals surface area (Å²) >= 11 is 0. The van der Waals surface area contributed by atoms with E-state index in [4.69, 9.17) is 19.1 Å². The molecule has 0 bridgehead atoms. The standard InChI is InChI=1S/C40H30N4O2Si/c1-47(2)37-15-8-18-41-40(37)44(34-23-31-30-12-4-6-14-35(30)46-36(31)24-38(34)47)25-9-7-10-26(21-25)45-27-16-17-28-29-11-3-5-13-33(29)43-20-19-42-39(43)32(28)22-27/h3-24,28,32H,1-2H3. The Morgan fingerprint density at radius 2 is 1.64 bits per heavy atom. The van der Waals surface area contributed by atoms with Gasteiger partial charge in [0.2, 0.25) is 0 Å². The van der Waals surface area contributed by atoms with Gasteiger partial charge in [0, 0.05) is 53.0 Å². The normalized spacial score (nSPS) is 18.6. The highest BCUT2D eigenvalue weighted by Crippen LogP contribution is 2.46. The molecule has 5 heterocycles. The summed E-state index contributed by atoms with van der Waals surface area (Å²) in [6, 6.07) is 34.1. The Bertz CT molecular complexity index is 2470. The van der Waals surface area contributed by atoms with Gasteiger partial charge in [-0.15, -0.1) is 0 Å². The number of imidazole rings is 1. The molecule has 2 unspecified atom stereocenters. The number of rotatable bonds is 3. The maximum absolute atomic E-state index is 6.63. The summed E-state index contributed by atoms with van der Waals surface area (Å²) in [6.45, 7) is 4.81. The minimum Gasteiger partial charge on any atom is -0.458 e. The first-order valence-corrected chi connectivity index (χ1v) is 19.1. The van der Waals surface area contributed by atoms with Crippen LogP contribution in [0.15, 0.2) is 144 Å². The van der Waals surface area contributed by atoms with E-state index in [-0.39, 0.29) is 11.8 Å². The molecule has 3 aliphatic rings. The van der Waals surface area contributed by atoms with E-state index in [1.807, 2.05) is 36.8 Å². The summed E-state index contributed by atoms with van der Waals surface area (Å²) in [4.78, 5) is 12.0. The molecule has 2 aliphatic heterocycles. The predicted octanol–water partition coefficient (Wildman–Crippen LogP) is 8.49. The first-order chi connectivity index (χ1) is 23.0. The van der Waals surface area contributed by atoms with Crippen molar-refractivity contribution in [2.75, 3.05) is 4.90 Å². The van der Waals surface area contributed by atoms with Crippen molar-refractivity contribution in [2.24, 2.45) is 0 Å². The average Bonchev–Trinajstić information content (AvgIpc) is 3.74. The first kappa shape index (κ1) is 26.5. The maximum Gasteiger partial charge on any atom is 0.137 e. The van der Waals surface area contributed by atoms with Crippen LogP contribution in [-0.2, 0) is 0 Å². The van der Waals surface area contributed by atoms with Crippen molar-refractivity contribution in [1.82, 2.24) is 14.5 Å². The van der Waals surface area contributed by atoms with Crippen molar-refractivity contribution in [3.8, 4) is 11.4 Å². The monoisotopic (exact) mass is 626 g/mol. The van der Waals surface area contributed by atoms with Crippen molar-refractivity contribution < 1.29 is 9.15 Å². The van der Waals surface area contributed by atoms with Crippen LogP contribution in [0, 0.1) is 0 Å². The second-order valence-corrected chi connectivity index (χ2v) is 17.4. The van der Waals surface area contributed by atoms with Crippen molar-refractivity contribution >= 4 is 57.6 Å². The van der Waals surface area contributed by atoms with Crippen LogP contribution in [0.2, 0.25) is 13.1 Å². The number of anilines is 3. The maximum atomic E-state index is 6.63. The van der Waals surface area contributed by atoms with Crippen LogP contribution in [0.25, 0.3) is 27.6 Å². The van der Waals surface area contributed by atoms with Crippen LogP contribution < -0.4 is 20.0 Å². The van der Waals surface area contributed by atoms with E-state index in [0.29, 0.717) is 0 Å². The van der Waals surface area contributed by atoms with Gasteiger partial charge in [0.1, 0.15) is 42.4 Å². The zero-order valence-electron chi connectivity index (χ0n) is 26.0. The summed E-state index contributed by atoms with van der Waals surface area (Å²) < 4.78 is 15.2. The lowest BCUT2D eigenvalue weighted by Gasteiger charge is -2.40. The fraction of sp³-hybridized carbons (Fsp3) is 0.100. The molecule has 0 saturated carbocycles. The molecule has 0 spiro atoms. The average molecular weight is 627 g/mol. The summed E-state index contributed by atoms with van der Waals surface area (Å²) in [7, 11) is -2.11. The first-order valence-electron chi connectivity index (χ1n) is 16.1. The van der Waals surface area contributed by atoms with Gasteiger partial charge < -0.3 is 13.7 Å². The number of fused-ring (bicyclic) bond motifs is 11. The Morgan fingerprint density at radius 3 is 2.60 bits per heavy atom. The molecule has 3 aromatic heterocycles. The molecule has 2 atom stereocenters. The Hall–Kier alpha value is -5.66. The van der Waals surface area contributed by atoms with Gasteiger partial charge in [0.25, 0.3) is 0 Å². The van der Waals surface area contributed by atoms with Gasteiger partial charge in [-0.2, -0.15) is 0 Å². The smallest absolute Gasteiger partial charge is 0.137 e. The van der Waals surface area contributed by atoms with Gasteiger partial charge in [-0.05, 0) is 70.6 Å². The number of allylic oxidation sites excluding steroid dienone is 3. The highest BCUT2D eigenvalue weighted by molar-refractivity contribution is 7.02. The van der Waals surface area contributed by atoms with Crippen LogP contribution in [0.3, 0.4) is 0 Å². The van der Waals surface area contributed by atoms with Crippen LogP contribution in [0.4, 0.5) is 17.2 Å². The van der Waals surface area contributed by atoms with Crippen molar-refractivity contribution in [3.63, 3.8) is 0 Å². The fourth-order valence-corrected chi connectivity index (χ4v) is 10.7. The van der Waals surface area contributed by atoms with Crippen LogP contribution in [-0.4, -0.2) is 22.6 Å². The van der Waals surface area contributed by atoms with Crippen LogP contribution >= 0.6 is 0 Å². The van der Waals surface area contributed by atoms with Crippen molar-refractivity contribution in [1.29, 1.82) is 0 Å². The summed E-state index contributed by atoms with van der Waals surface area (Å²) in [5.74, 6) is 3.91. The van der Waals surface area contributed by atoms with Crippen molar-refractivity contribution in [2.45, 2.75) is 24.9 Å². The molecule has 7 aromatic rings. The van der Waals surface area contributed by atoms with Gasteiger partial charge >= 0.3 is 0 Å². The third-order valence-electron chi connectivity index (χ3n) is 10.1. The minimum absolute atomic E-state index is 0.0903. The lowest BCUT2D eigenvalue weighted by molar-refractivity contribution is 0.431. The lowest BCUT2D eigenvalue weighted by atomic mass is 9.79. The Balaban J connectivity index is 1.07. The van der Waals surface area contributed by atoms with Gasteiger partial charge in [0.15, 0.2) is 0 Å². The number of para-hydroxylation sites is 2. The van der Waals surface area contributed by atoms with E-state index < -0.39 is 8.07 Å². The molecule has 47 heavy (non-hydrogen) atoms. The number of pyridine rings is 1. The molecule has 0 radical (unpaired) electrons. The summed E-state index contributed by atoms with van der Waals surface area (Å²) in [5.41, 5.74) is 6.48. The molecule has 6 nitrogen and oxygen atoms in total. The number of nitrogens with zero attached hydrogens (tertiary/aromatic N) is 4. The van der Waals surface area contributed by atoms with Gasteiger partial charge in [-0.1, -0.05) is 67.7 Å². The number of aromatic nitrogens is 3. The largest absolute Gasteiger partial charge is 0.458 e. The fourth-order valence-electron chi connectivity index (χ4n) is 7.86. The Labute approximate surface area is 272 Å². The Morgan fingerprint density at radius 1 is 0.745 bits per heavy atom. The topological polar surface area (TPSA) is 56.3 Å². The molecule has 0 N–H and O–H groups in total. The molecular weight excluding hydrogens is 597 g/mol. The highest BCUT2D eigenvalue weighted by Gasteiger charge is 2.40. The van der Waals surface area contributed by atoms with E-state index in [1.165, 1.54) is 21.6 Å². The van der Waals surface area contributed by atoms with Crippen molar-refractivity contribution in [3.05, 3.63) is 151 Å². The number of furan rings is 1. The SMILES string of the molecule is C[Si]1(C)c2cc3oc4ccccc4c3cc2N(c2cccc(OC3=CC4c5nccn5-c5ccccc5C4C=C3)c2)c2ncccc21. The molecule has 0 saturated heterocycles.